The SMILES string of the molecule is O=C(NCCc1ccccc1F)C1CCN(C(=O)c2ccccc2F)CC1. The second kappa shape index (κ2) is 8.75. The van der Waals surface area contributed by atoms with Gasteiger partial charge in [-0.15, -0.1) is 0 Å². The minimum absolute atomic E-state index is 0.0605. The van der Waals surface area contributed by atoms with Crippen molar-refractivity contribution in [2.75, 3.05) is 19.6 Å². The number of piperidine rings is 1. The van der Waals surface area contributed by atoms with Crippen molar-refractivity contribution in [3.63, 3.8) is 0 Å². The average molecular weight is 372 g/mol. The molecule has 0 saturated carbocycles. The lowest BCUT2D eigenvalue weighted by Gasteiger charge is -2.31. The summed E-state index contributed by atoms with van der Waals surface area (Å²) in [5.41, 5.74) is 0.633. The normalized spacial score (nSPS) is 14.8. The number of likely N-dealkylation sites (tertiary alicyclic amines) is 1. The fraction of sp³-hybridized carbons (Fsp3) is 0.333. The lowest BCUT2D eigenvalue weighted by Crippen LogP contribution is -2.43. The van der Waals surface area contributed by atoms with E-state index in [4.69, 9.17) is 0 Å². The molecule has 1 N–H and O–H groups in total. The molecule has 0 radical (unpaired) electrons. The summed E-state index contributed by atoms with van der Waals surface area (Å²) in [7, 11) is 0. The first-order chi connectivity index (χ1) is 13.1. The van der Waals surface area contributed by atoms with Gasteiger partial charge in [0.25, 0.3) is 5.91 Å². The first kappa shape index (κ1) is 19.0. The molecule has 2 aromatic rings. The molecular formula is C21H22F2N2O2. The highest BCUT2D eigenvalue weighted by molar-refractivity contribution is 5.94. The van der Waals surface area contributed by atoms with E-state index in [1.165, 1.54) is 18.2 Å². The summed E-state index contributed by atoms with van der Waals surface area (Å²) in [4.78, 5) is 26.3. The molecule has 0 atom stereocenters. The molecule has 0 aromatic heterocycles. The second-order valence-corrected chi connectivity index (χ2v) is 6.68. The molecule has 1 aliphatic rings. The maximum atomic E-state index is 13.8. The van der Waals surface area contributed by atoms with Crippen molar-refractivity contribution in [3.05, 3.63) is 71.3 Å². The van der Waals surface area contributed by atoms with Crippen LogP contribution >= 0.6 is 0 Å². The Labute approximate surface area is 157 Å². The van der Waals surface area contributed by atoms with Crippen LogP contribution in [0.2, 0.25) is 0 Å². The van der Waals surface area contributed by atoms with E-state index in [1.807, 2.05) is 0 Å². The summed E-state index contributed by atoms with van der Waals surface area (Å²) in [5.74, 6) is -1.41. The molecule has 4 nitrogen and oxygen atoms in total. The highest BCUT2D eigenvalue weighted by Gasteiger charge is 2.28. The van der Waals surface area contributed by atoms with E-state index < -0.39 is 5.82 Å². The van der Waals surface area contributed by atoms with E-state index in [-0.39, 0.29) is 29.1 Å². The number of halogens is 2. The smallest absolute Gasteiger partial charge is 0.256 e. The van der Waals surface area contributed by atoms with Gasteiger partial charge in [-0.3, -0.25) is 9.59 Å². The average Bonchev–Trinajstić information content (AvgIpc) is 2.69. The number of nitrogens with zero attached hydrogens (tertiary/aromatic N) is 1. The predicted molar refractivity (Wildman–Crippen MR) is 98.1 cm³/mol. The fourth-order valence-electron chi connectivity index (χ4n) is 3.32. The number of carbonyl (C=O) groups is 2. The zero-order valence-corrected chi connectivity index (χ0v) is 15.0. The Kier molecular flexibility index (Phi) is 6.16. The van der Waals surface area contributed by atoms with E-state index in [1.54, 1.807) is 35.2 Å². The molecule has 3 rings (SSSR count). The number of benzene rings is 2. The summed E-state index contributed by atoms with van der Waals surface area (Å²) < 4.78 is 27.3. The first-order valence-corrected chi connectivity index (χ1v) is 9.11. The van der Waals surface area contributed by atoms with Gasteiger partial charge in [0.1, 0.15) is 11.6 Å². The second-order valence-electron chi connectivity index (χ2n) is 6.68. The van der Waals surface area contributed by atoms with Crippen LogP contribution in [-0.4, -0.2) is 36.3 Å². The maximum absolute atomic E-state index is 13.8. The van der Waals surface area contributed by atoms with Crippen molar-refractivity contribution < 1.29 is 18.4 Å². The van der Waals surface area contributed by atoms with Gasteiger partial charge in [0.05, 0.1) is 5.56 Å². The molecule has 27 heavy (non-hydrogen) atoms. The quantitative estimate of drug-likeness (QED) is 0.876. The molecule has 2 amide bonds. The van der Waals surface area contributed by atoms with Crippen molar-refractivity contribution in [1.29, 1.82) is 0 Å². The molecule has 1 saturated heterocycles. The summed E-state index contributed by atoms with van der Waals surface area (Å²) >= 11 is 0. The molecule has 2 aromatic carbocycles. The van der Waals surface area contributed by atoms with Gasteiger partial charge in [-0.05, 0) is 43.0 Å². The Morgan fingerprint density at radius 2 is 1.59 bits per heavy atom. The number of hydrogen-bond acceptors (Lipinski definition) is 2. The Morgan fingerprint density at radius 3 is 2.26 bits per heavy atom. The zero-order valence-electron chi connectivity index (χ0n) is 15.0. The van der Waals surface area contributed by atoms with Crippen LogP contribution < -0.4 is 5.32 Å². The third-order valence-electron chi connectivity index (χ3n) is 4.91. The Morgan fingerprint density at radius 1 is 0.963 bits per heavy atom. The molecule has 0 spiro atoms. The monoisotopic (exact) mass is 372 g/mol. The third-order valence-corrected chi connectivity index (χ3v) is 4.91. The van der Waals surface area contributed by atoms with Crippen molar-refractivity contribution >= 4 is 11.8 Å². The molecular weight excluding hydrogens is 350 g/mol. The molecule has 0 bridgehead atoms. The minimum Gasteiger partial charge on any atom is -0.356 e. The van der Waals surface area contributed by atoms with Crippen LogP contribution in [0, 0.1) is 17.6 Å². The van der Waals surface area contributed by atoms with Gasteiger partial charge in [-0.2, -0.15) is 0 Å². The topological polar surface area (TPSA) is 49.4 Å². The van der Waals surface area contributed by atoms with Crippen LogP contribution in [0.4, 0.5) is 8.78 Å². The van der Waals surface area contributed by atoms with E-state index in [0.29, 0.717) is 44.5 Å². The van der Waals surface area contributed by atoms with E-state index in [9.17, 15) is 18.4 Å². The third kappa shape index (κ3) is 4.70. The van der Waals surface area contributed by atoms with Crippen molar-refractivity contribution in [3.8, 4) is 0 Å². The van der Waals surface area contributed by atoms with Gasteiger partial charge in [-0.1, -0.05) is 30.3 Å². The van der Waals surface area contributed by atoms with Crippen molar-refractivity contribution in [2.45, 2.75) is 19.3 Å². The van der Waals surface area contributed by atoms with Crippen LogP contribution in [0.3, 0.4) is 0 Å². The summed E-state index contributed by atoms with van der Waals surface area (Å²) in [5, 5.41) is 2.84. The maximum Gasteiger partial charge on any atom is 0.256 e. The van der Waals surface area contributed by atoms with Gasteiger partial charge in [0, 0.05) is 25.6 Å². The summed E-state index contributed by atoms with van der Waals surface area (Å²) in [6.45, 7) is 1.20. The van der Waals surface area contributed by atoms with Crippen LogP contribution in [-0.2, 0) is 11.2 Å². The molecule has 142 valence electrons. The number of nitrogens with one attached hydrogen (secondary N) is 1. The number of carbonyl (C=O) groups excluding carboxylic acids is 2. The van der Waals surface area contributed by atoms with Crippen molar-refractivity contribution in [2.24, 2.45) is 5.92 Å². The van der Waals surface area contributed by atoms with Gasteiger partial charge < -0.3 is 10.2 Å². The highest BCUT2D eigenvalue weighted by atomic mass is 19.1. The molecule has 1 heterocycles. The molecule has 0 unspecified atom stereocenters. The van der Waals surface area contributed by atoms with Gasteiger partial charge in [0.15, 0.2) is 0 Å². The lowest BCUT2D eigenvalue weighted by molar-refractivity contribution is -0.126. The van der Waals surface area contributed by atoms with Crippen LogP contribution in [0.5, 0.6) is 0 Å². The number of amides is 2. The van der Waals surface area contributed by atoms with Gasteiger partial charge in [0.2, 0.25) is 5.91 Å². The standard InChI is InChI=1S/C21H22F2N2O2/c22-18-7-3-1-5-15(18)9-12-24-20(26)16-10-13-25(14-11-16)21(27)17-6-2-4-8-19(17)23/h1-8,16H,9-14H2,(H,24,26). The summed E-state index contributed by atoms with van der Waals surface area (Å²) in [6.07, 6.45) is 1.50. The molecule has 0 aliphatic carbocycles. The Balaban J connectivity index is 1.46. The van der Waals surface area contributed by atoms with Crippen molar-refractivity contribution in [1.82, 2.24) is 10.2 Å². The highest BCUT2D eigenvalue weighted by Crippen LogP contribution is 2.20. The van der Waals surface area contributed by atoms with Crippen LogP contribution in [0.1, 0.15) is 28.8 Å². The van der Waals surface area contributed by atoms with E-state index >= 15 is 0 Å². The predicted octanol–water partition coefficient (Wildman–Crippen LogP) is 3.18. The summed E-state index contributed by atoms with van der Waals surface area (Å²) in [6, 6.07) is 12.4. The fourth-order valence-corrected chi connectivity index (χ4v) is 3.32. The number of hydrogen-bond donors (Lipinski definition) is 1. The molecule has 1 fully saturated rings. The first-order valence-electron chi connectivity index (χ1n) is 9.11. The molecule has 1 aliphatic heterocycles. The van der Waals surface area contributed by atoms with E-state index in [0.717, 1.165) is 0 Å². The van der Waals surface area contributed by atoms with Gasteiger partial charge in [-0.25, -0.2) is 8.78 Å². The van der Waals surface area contributed by atoms with Crippen LogP contribution in [0.15, 0.2) is 48.5 Å². The minimum atomic E-state index is -0.532. The largest absolute Gasteiger partial charge is 0.356 e. The van der Waals surface area contributed by atoms with Gasteiger partial charge >= 0.3 is 0 Å². The van der Waals surface area contributed by atoms with Crippen LogP contribution in [0.25, 0.3) is 0 Å². The van der Waals surface area contributed by atoms with E-state index in [2.05, 4.69) is 5.32 Å². The number of rotatable bonds is 5. The Hall–Kier alpha value is -2.76. The molecule has 6 heteroatoms. The zero-order chi connectivity index (χ0) is 19.2. The lowest BCUT2D eigenvalue weighted by atomic mass is 9.95. The Bertz CT molecular complexity index is 817.